The fourth-order valence-corrected chi connectivity index (χ4v) is 1.91. The Labute approximate surface area is 123 Å². The third kappa shape index (κ3) is 3.81. The van der Waals surface area contributed by atoms with Gasteiger partial charge in [-0.3, -0.25) is 4.98 Å². The lowest BCUT2D eigenvalue weighted by molar-refractivity contribution is 0.0519. The van der Waals surface area contributed by atoms with Gasteiger partial charge in [-0.15, -0.1) is 0 Å². The molecule has 0 spiro atoms. The quantitative estimate of drug-likeness (QED) is 0.761. The van der Waals surface area contributed by atoms with Crippen molar-refractivity contribution >= 4 is 12.0 Å². The van der Waals surface area contributed by atoms with Crippen LogP contribution >= 0.6 is 0 Å². The van der Waals surface area contributed by atoms with E-state index in [9.17, 15) is 4.79 Å². The van der Waals surface area contributed by atoms with E-state index in [4.69, 9.17) is 9.15 Å². The summed E-state index contributed by atoms with van der Waals surface area (Å²) in [5, 5.41) is 0. The van der Waals surface area contributed by atoms with E-state index in [0.29, 0.717) is 25.7 Å². The van der Waals surface area contributed by atoms with Crippen LogP contribution < -0.4 is 4.90 Å². The van der Waals surface area contributed by atoms with Gasteiger partial charge in [0.15, 0.2) is 5.69 Å². The summed E-state index contributed by atoms with van der Waals surface area (Å²) in [5.41, 5.74) is 2.07. The maximum absolute atomic E-state index is 11.6. The summed E-state index contributed by atoms with van der Waals surface area (Å²) >= 11 is 0. The fraction of sp³-hybridized carbons (Fsp3) is 0.400. The molecule has 0 unspecified atom stereocenters. The molecule has 6 nitrogen and oxygen atoms in total. The first kappa shape index (κ1) is 15.0. The van der Waals surface area contributed by atoms with Crippen LogP contribution in [0.2, 0.25) is 0 Å². The maximum Gasteiger partial charge on any atom is 0.360 e. The highest BCUT2D eigenvalue weighted by Crippen LogP contribution is 2.16. The number of hydrogen-bond acceptors (Lipinski definition) is 6. The van der Waals surface area contributed by atoms with E-state index in [1.165, 1.54) is 6.26 Å². The lowest BCUT2D eigenvalue weighted by atomic mass is 10.3. The van der Waals surface area contributed by atoms with Gasteiger partial charge in [0.1, 0.15) is 6.26 Å². The number of carbonyl (C=O) groups excluding carboxylic acids is 1. The number of hydrogen-bond donors (Lipinski definition) is 0. The molecular weight excluding hydrogens is 270 g/mol. The van der Waals surface area contributed by atoms with Gasteiger partial charge in [-0.05, 0) is 32.9 Å². The highest BCUT2D eigenvalue weighted by molar-refractivity contribution is 5.87. The zero-order chi connectivity index (χ0) is 15.2. The maximum atomic E-state index is 11.6. The Hall–Kier alpha value is -2.37. The molecule has 6 heteroatoms. The van der Waals surface area contributed by atoms with E-state index in [-0.39, 0.29) is 5.69 Å². The summed E-state index contributed by atoms with van der Waals surface area (Å²) in [6.45, 7) is 7.26. The highest BCUT2D eigenvalue weighted by atomic mass is 16.5. The third-order valence-electron chi connectivity index (χ3n) is 2.93. The van der Waals surface area contributed by atoms with Gasteiger partial charge in [0.05, 0.1) is 18.8 Å². The number of nitrogens with zero attached hydrogens (tertiary/aromatic N) is 3. The average molecular weight is 289 g/mol. The predicted octanol–water partition coefficient (Wildman–Crippen LogP) is 2.58. The summed E-state index contributed by atoms with van der Waals surface area (Å²) in [6, 6.07) is 6.25. The van der Waals surface area contributed by atoms with Crippen molar-refractivity contribution in [1.29, 1.82) is 0 Å². The topological polar surface area (TPSA) is 68.5 Å². The Morgan fingerprint density at radius 1 is 1.33 bits per heavy atom. The number of esters is 1. The van der Waals surface area contributed by atoms with Crippen LogP contribution in [-0.2, 0) is 11.3 Å². The molecule has 0 aromatic carbocycles. The van der Waals surface area contributed by atoms with E-state index in [0.717, 1.165) is 11.4 Å². The van der Waals surface area contributed by atoms with Crippen LogP contribution in [0.1, 0.15) is 35.7 Å². The van der Waals surface area contributed by atoms with Gasteiger partial charge in [-0.25, -0.2) is 4.79 Å². The molecule has 2 aromatic heterocycles. The number of aryl methyl sites for hydroxylation is 1. The minimum Gasteiger partial charge on any atom is -0.461 e. The SMILES string of the molecule is CCOC(=O)c1coc(N(CC)Cc2cccc(C)n2)n1. The third-order valence-corrected chi connectivity index (χ3v) is 2.93. The van der Waals surface area contributed by atoms with E-state index in [1.54, 1.807) is 6.92 Å². The smallest absolute Gasteiger partial charge is 0.360 e. The zero-order valence-electron chi connectivity index (χ0n) is 12.5. The van der Waals surface area contributed by atoms with Gasteiger partial charge >= 0.3 is 5.97 Å². The van der Waals surface area contributed by atoms with Crippen molar-refractivity contribution in [3.05, 3.63) is 41.5 Å². The summed E-state index contributed by atoms with van der Waals surface area (Å²) in [4.78, 5) is 22.1. The summed E-state index contributed by atoms with van der Waals surface area (Å²) in [6.07, 6.45) is 1.32. The molecule has 0 aliphatic rings. The van der Waals surface area contributed by atoms with Gasteiger partial charge in [0, 0.05) is 12.2 Å². The van der Waals surface area contributed by atoms with Crippen molar-refractivity contribution in [1.82, 2.24) is 9.97 Å². The first-order chi connectivity index (χ1) is 10.1. The van der Waals surface area contributed by atoms with Crippen LogP contribution in [0, 0.1) is 6.92 Å². The van der Waals surface area contributed by atoms with Crippen LogP contribution in [0.15, 0.2) is 28.9 Å². The molecule has 0 saturated heterocycles. The molecule has 0 bridgehead atoms. The van der Waals surface area contributed by atoms with Crippen LogP contribution in [0.3, 0.4) is 0 Å². The number of aromatic nitrogens is 2. The molecule has 0 saturated carbocycles. The fourth-order valence-electron chi connectivity index (χ4n) is 1.91. The standard InChI is InChI=1S/C15H19N3O3/c1-4-18(9-12-8-6-7-11(3)16-12)15-17-13(10-21-15)14(19)20-5-2/h6-8,10H,4-5,9H2,1-3H3. The lowest BCUT2D eigenvalue weighted by Gasteiger charge is -2.17. The van der Waals surface area contributed by atoms with Gasteiger partial charge in [0.25, 0.3) is 6.01 Å². The summed E-state index contributed by atoms with van der Waals surface area (Å²) in [5.74, 6) is -0.475. The van der Waals surface area contributed by atoms with E-state index < -0.39 is 5.97 Å². The number of ether oxygens (including phenoxy) is 1. The second kappa shape index (κ2) is 6.88. The number of carbonyl (C=O) groups is 1. The van der Waals surface area contributed by atoms with E-state index in [2.05, 4.69) is 9.97 Å². The molecule has 112 valence electrons. The molecule has 0 amide bonds. The summed E-state index contributed by atoms with van der Waals surface area (Å²) in [7, 11) is 0. The van der Waals surface area contributed by atoms with Gasteiger partial charge < -0.3 is 14.1 Å². The molecule has 0 aliphatic carbocycles. The number of pyridine rings is 1. The van der Waals surface area contributed by atoms with Gasteiger partial charge in [-0.2, -0.15) is 4.98 Å². The molecule has 2 aromatic rings. The Morgan fingerprint density at radius 2 is 2.14 bits per heavy atom. The molecule has 0 aliphatic heterocycles. The average Bonchev–Trinajstić information content (AvgIpc) is 2.95. The van der Waals surface area contributed by atoms with Crippen molar-refractivity contribution in [2.24, 2.45) is 0 Å². The van der Waals surface area contributed by atoms with Gasteiger partial charge in [0.2, 0.25) is 0 Å². The minimum atomic E-state index is -0.475. The number of rotatable bonds is 6. The van der Waals surface area contributed by atoms with Crippen LogP contribution in [0.25, 0.3) is 0 Å². The number of anilines is 1. The van der Waals surface area contributed by atoms with Crippen molar-refractivity contribution in [3.8, 4) is 0 Å². The first-order valence-electron chi connectivity index (χ1n) is 6.94. The lowest BCUT2D eigenvalue weighted by Crippen LogP contribution is -2.23. The van der Waals surface area contributed by atoms with Crippen LogP contribution in [0.5, 0.6) is 0 Å². The Kier molecular flexibility index (Phi) is 4.92. The highest BCUT2D eigenvalue weighted by Gasteiger charge is 2.17. The number of oxazole rings is 1. The molecule has 2 heterocycles. The normalized spacial score (nSPS) is 10.4. The van der Waals surface area contributed by atoms with Gasteiger partial charge in [-0.1, -0.05) is 6.07 Å². The van der Waals surface area contributed by atoms with Crippen LogP contribution in [0.4, 0.5) is 6.01 Å². The van der Waals surface area contributed by atoms with Crippen LogP contribution in [-0.4, -0.2) is 29.1 Å². The molecule has 0 N–H and O–H groups in total. The molecule has 0 radical (unpaired) electrons. The zero-order valence-corrected chi connectivity index (χ0v) is 12.5. The van der Waals surface area contributed by atoms with Crippen molar-refractivity contribution in [3.63, 3.8) is 0 Å². The van der Waals surface area contributed by atoms with Crippen molar-refractivity contribution in [2.45, 2.75) is 27.3 Å². The largest absolute Gasteiger partial charge is 0.461 e. The Balaban J connectivity index is 2.12. The molecule has 2 rings (SSSR count). The Bertz CT molecular complexity index is 610. The van der Waals surface area contributed by atoms with Crippen molar-refractivity contribution < 1.29 is 13.9 Å². The van der Waals surface area contributed by atoms with E-state index in [1.807, 2.05) is 36.9 Å². The molecule has 0 atom stereocenters. The first-order valence-corrected chi connectivity index (χ1v) is 6.94. The molecule has 21 heavy (non-hydrogen) atoms. The predicted molar refractivity (Wildman–Crippen MR) is 78.2 cm³/mol. The minimum absolute atomic E-state index is 0.183. The monoisotopic (exact) mass is 289 g/mol. The van der Waals surface area contributed by atoms with Crippen molar-refractivity contribution in [2.75, 3.05) is 18.1 Å². The Morgan fingerprint density at radius 3 is 2.81 bits per heavy atom. The second-order valence-corrected chi connectivity index (χ2v) is 4.52. The summed E-state index contributed by atoms with van der Waals surface area (Å²) < 4.78 is 10.3. The molecule has 0 fully saturated rings. The van der Waals surface area contributed by atoms with E-state index >= 15 is 0 Å². The second-order valence-electron chi connectivity index (χ2n) is 4.52. The molecular formula is C15H19N3O3.